The van der Waals surface area contributed by atoms with Crippen molar-refractivity contribution in [2.75, 3.05) is 0 Å². The van der Waals surface area contributed by atoms with E-state index in [4.69, 9.17) is 0 Å². The van der Waals surface area contributed by atoms with Crippen LogP contribution in [0.2, 0.25) is 0 Å². The number of Topliss-reactive ketones (excluding diaryl/α,β-unsaturated/α-hetero) is 2. The minimum Gasteiger partial charge on any atom is -0.293 e. The van der Waals surface area contributed by atoms with E-state index in [-0.39, 0.29) is 17.5 Å². The molecule has 0 spiro atoms. The summed E-state index contributed by atoms with van der Waals surface area (Å²) in [4.78, 5) is 26.0. The molecule has 2 nitrogen and oxygen atoms in total. The van der Waals surface area contributed by atoms with Gasteiger partial charge in [-0.2, -0.15) is 0 Å². The summed E-state index contributed by atoms with van der Waals surface area (Å²) < 4.78 is 0. The quantitative estimate of drug-likeness (QED) is 0.566. The van der Waals surface area contributed by atoms with E-state index in [9.17, 15) is 9.59 Å². The van der Waals surface area contributed by atoms with Gasteiger partial charge in [-0.15, -0.1) is 0 Å². The third-order valence-corrected chi connectivity index (χ3v) is 3.89. The molecular formula is C20H22O2. The Morgan fingerprint density at radius 1 is 0.818 bits per heavy atom. The van der Waals surface area contributed by atoms with Crippen molar-refractivity contribution in [2.24, 2.45) is 11.3 Å². The molecule has 0 aliphatic rings. The lowest BCUT2D eigenvalue weighted by Gasteiger charge is -2.28. The van der Waals surface area contributed by atoms with E-state index >= 15 is 0 Å². The highest BCUT2D eigenvalue weighted by Gasteiger charge is 2.41. The summed E-state index contributed by atoms with van der Waals surface area (Å²) in [5, 5.41) is 0. The molecule has 0 aromatic heterocycles. The zero-order chi connectivity index (χ0) is 16.2. The van der Waals surface area contributed by atoms with Gasteiger partial charge >= 0.3 is 0 Å². The normalized spacial score (nSPS) is 11.5. The second-order valence-corrected chi connectivity index (χ2v) is 6.32. The zero-order valence-corrected chi connectivity index (χ0v) is 13.4. The SMILES string of the molecule is CC(C)CC(C)(C(=O)c1ccccc1)C(=O)c1ccccc1. The van der Waals surface area contributed by atoms with E-state index in [2.05, 4.69) is 0 Å². The molecule has 0 aliphatic carbocycles. The lowest BCUT2D eigenvalue weighted by atomic mass is 9.71. The number of hydrogen-bond acceptors (Lipinski definition) is 2. The third-order valence-electron chi connectivity index (χ3n) is 3.89. The van der Waals surface area contributed by atoms with Crippen LogP contribution in [0.1, 0.15) is 47.9 Å². The van der Waals surface area contributed by atoms with Gasteiger partial charge in [0.15, 0.2) is 11.6 Å². The highest BCUT2D eigenvalue weighted by Crippen LogP contribution is 2.34. The number of benzene rings is 2. The summed E-state index contributed by atoms with van der Waals surface area (Å²) in [6.45, 7) is 5.85. The predicted molar refractivity (Wildman–Crippen MR) is 89.1 cm³/mol. The minimum absolute atomic E-state index is 0.101. The van der Waals surface area contributed by atoms with Crippen molar-refractivity contribution in [1.82, 2.24) is 0 Å². The number of hydrogen-bond donors (Lipinski definition) is 0. The molecule has 2 rings (SSSR count). The van der Waals surface area contributed by atoms with Gasteiger partial charge in [-0.25, -0.2) is 0 Å². The summed E-state index contributed by atoms with van der Waals surface area (Å²) in [5.74, 6) is 0.0524. The molecule has 0 atom stereocenters. The van der Waals surface area contributed by atoms with Gasteiger partial charge in [0.25, 0.3) is 0 Å². The van der Waals surface area contributed by atoms with Gasteiger partial charge in [-0.3, -0.25) is 9.59 Å². The Bertz CT molecular complexity index is 590. The first kappa shape index (κ1) is 16.2. The maximum atomic E-state index is 13.0. The standard InChI is InChI=1S/C20H22O2/c1-15(2)14-20(3,18(21)16-10-6-4-7-11-16)19(22)17-12-8-5-9-13-17/h4-13,15H,14H2,1-3H3. The first-order chi connectivity index (χ1) is 10.4. The molecule has 0 heterocycles. The molecule has 0 fully saturated rings. The van der Waals surface area contributed by atoms with Crippen LogP contribution in [0.25, 0.3) is 0 Å². The van der Waals surface area contributed by atoms with Gasteiger partial charge in [-0.1, -0.05) is 74.5 Å². The van der Waals surface area contributed by atoms with Crippen LogP contribution in [0, 0.1) is 11.3 Å². The van der Waals surface area contributed by atoms with E-state index in [1.165, 1.54) is 0 Å². The first-order valence-electron chi connectivity index (χ1n) is 7.65. The molecule has 22 heavy (non-hydrogen) atoms. The molecule has 0 unspecified atom stereocenters. The fraction of sp³-hybridized carbons (Fsp3) is 0.300. The summed E-state index contributed by atoms with van der Waals surface area (Å²) in [7, 11) is 0. The highest BCUT2D eigenvalue weighted by atomic mass is 16.2. The van der Waals surface area contributed by atoms with Crippen molar-refractivity contribution in [2.45, 2.75) is 27.2 Å². The Labute approximate surface area is 132 Å². The molecule has 0 saturated heterocycles. The molecule has 0 radical (unpaired) electrons. The predicted octanol–water partition coefficient (Wildman–Crippen LogP) is 4.80. The molecule has 2 aromatic carbocycles. The van der Waals surface area contributed by atoms with Crippen LogP contribution in [-0.2, 0) is 0 Å². The fourth-order valence-corrected chi connectivity index (χ4v) is 2.92. The third kappa shape index (κ3) is 3.33. The van der Waals surface area contributed by atoms with Crippen LogP contribution in [0.5, 0.6) is 0 Å². The molecule has 2 heteroatoms. The topological polar surface area (TPSA) is 34.1 Å². The highest BCUT2D eigenvalue weighted by molar-refractivity contribution is 6.19. The van der Waals surface area contributed by atoms with E-state index in [0.717, 1.165) is 0 Å². The Hall–Kier alpha value is -2.22. The van der Waals surface area contributed by atoms with Crippen LogP contribution in [0.15, 0.2) is 60.7 Å². The second kappa shape index (κ2) is 6.69. The van der Waals surface area contributed by atoms with Crippen molar-refractivity contribution in [1.29, 1.82) is 0 Å². The molecule has 0 saturated carbocycles. The number of ketones is 2. The average molecular weight is 294 g/mol. The number of rotatable bonds is 6. The fourth-order valence-electron chi connectivity index (χ4n) is 2.92. The van der Waals surface area contributed by atoms with Crippen molar-refractivity contribution in [3.63, 3.8) is 0 Å². The van der Waals surface area contributed by atoms with E-state index in [0.29, 0.717) is 17.5 Å². The number of carbonyl (C=O) groups excluding carboxylic acids is 2. The monoisotopic (exact) mass is 294 g/mol. The zero-order valence-electron chi connectivity index (χ0n) is 13.4. The summed E-state index contributed by atoms with van der Waals surface area (Å²) in [5.41, 5.74) is 0.154. The maximum absolute atomic E-state index is 13.0. The molecular weight excluding hydrogens is 272 g/mol. The van der Waals surface area contributed by atoms with Gasteiger partial charge < -0.3 is 0 Å². The lowest BCUT2D eigenvalue weighted by molar-refractivity contribution is 0.0653. The van der Waals surface area contributed by atoms with E-state index in [1.54, 1.807) is 31.2 Å². The molecule has 2 aromatic rings. The van der Waals surface area contributed by atoms with Crippen molar-refractivity contribution in [3.8, 4) is 0 Å². The minimum atomic E-state index is -1.03. The molecule has 0 bridgehead atoms. The summed E-state index contributed by atoms with van der Waals surface area (Å²) >= 11 is 0. The Kier molecular flexibility index (Phi) is 4.92. The largest absolute Gasteiger partial charge is 0.293 e. The van der Waals surface area contributed by atoms with Crippen LogP contribution in [-0.4, -0.2) is 11.6 Å². The van der Waals surface area contributed by atoms with Gasteiger partial charge in [0.05, 0.1) is 5.41 Å². The van der Waals surface area contributed by atoms with Crippen molar-refractivity contribution >= 4 is 11.6 Å². The van der Waals surface area contributed by atoms with Crippen LogP contribution >= 0.6 is 0 Å². The molecule has 0 aliphatic heterocycles. The van der Waals surface area contributed by atoms with Crippen LogP contribution < -0.4 is 0 Å². The average Bonchev–Trinajstić information content (AvgIpc) is 2.54. The Balaban J connectivity index is 2.44. The van der Waals surface area contributed by atoms with Crippen LogP contribution in [0.3, 0.4) is 0 Å². The smallest absolute Gasteiger partial charge is 0.176 e. The Morgan fingerprint density at radius 2 is 1.18 bits per heavy atom. The molecule has 0 amide bonds. The van der Waals surface area contributed by atoms with Gasteiger partial charge in [-0.05, 0) is 19.3 Å². The van der Waals surface area contributed by atoms with Crippen LogP contribution in [0.4, 0.5) is 0 Å². The van der Waals surface area contributed by atoms with E-state index < -0.39 is 5.41 Å². The van der Waals surface area contributed by atoms with Gasteiger partial charge in [0.2, 0.25) is 0 Å². The van der Waals surface area contributed by atoms with Gasteiger partial charge in [0.1, 0.15) is 0 Å². The first-order valence-corrected chi connectivity index (χ1v) is 7.65. The second-order valence-electron chi connectivity index (χ2n) is 6.32. The van der Waals surface area contributed by atoms with E-state index in [1.807, 2.05) is 50.2 Å². The van der Waals surface area contributed by atoms with Gasteiger partial charge in [0, 0.05) is 11.1 Å². The van der Waals surface area contributed by atoms with Crippen molar-refractivity contribution in [3.05, 3.63) is 71.8 Å². The molecule has 0 N–H and O–H groups in total. The summed E-state index contributed by atoms with van der Waals surface area (Å²) in [6.07, 6.45) is 0.536. The maximum Gasteiger partial charge on any atom is 0.176 e. The molecule has 114 valence electrons. The number of carbonyl (C=O) groups is 2. The lowest BCUT2D eigenvalue weighted by Crippen LogP contribution is -2.38. The van der Waals surface area contributed by atoms with Crippen molar-refractivity contribution < 1.29 is 9.59 Å². The Morgan fingerprint density at radius 3 is 1.50 bits per heavy atom. The summed E-state index contributed by atoms with van der Waals surface area (Å²) in [6, 6.07) is 18.2.